The van der Waals surface area contributed by atoms with Crippen LogP contribution < -0.4 is 0 Å². The van der Waals surface area contributed by atoms with E-state index in [1.807, 2.05) is 12.3 Å². The largest absolute Gasteiger partial charge is 0.370 e. The first-order valence-electron chi connectivity index (χ1n) is 7.45. The average molecular weight is 289 g/mol. The maximum Gasteiger partial charge on any atom is 0.160 e. The second-order valence-corrected chi connectivity index (χ2v) is 6.76. The van der Waals surface area contributed by atoms with Gasteiger partial charge >= 0.3 is 0 Å². The molecule has 0 radical (unpaired) electrons. The summed E-state index contributed by atoms with van der Waals surface area (Å²) in [5.74, 6) is 3.58. The van der Waals surface area contributed by atoms with Gasteiger partial charge in [-0.3, -0.25) is 0 Å². The molecule has 2 aromatic heterocycles. The molecule has 0 aromatic carbocycles. The van der Waals surface area contributed by atoms with Crippen LogP contribution in [0.5, 0.6) is 0 Å². The molecule has 1 atom stereocenters. The Morgan fingerprint density at radius 2 is 2.15 bits per heavy atom. The molecule has 4 heterocycles. The molecule has 4 nitrogen and oxygen atoms in total. The fraction of sp³-hybridized carbons (Fsp3) is 0.600. The van der Waals surface area contributed by atoms with E-state index in [1.165, 1.54) is 24.3 Å². The first-order valence-corrected chi connectivity index (χ1v) is 8.61. The number of hydrogen-bond donors (Lipinski definition) is 0. The first-order chi connectivity index (χ1) is 9.93. The SMILES string of the molecule is c1cnc2c(c1)nc(C1CCCO1)n2C1CCSCC1. The molecule has 5 heteroatoms. The fourth-order valence-corrected chi connectivity index (χ4v) is 4.34. The van der Waals surface area contributed by atoms with Crippen LogP contribution in [0.25, 0.3) is 11.2 Å². The number of aromatic nitrogens is 3. The zero-order chi connectivity index (χ0) is 13.4. The molecule has 0 spiro atoms. The lowest BCUT2D eigenvalue weighted by Gasteiger charge is -2.26. The molecule has 2 aliphatic heterocycles. The molecule has 2 aliphatic rings. The van der Waals surface area contributed by atoms with Crippen molar-refractivity contribution < 1.29 is 4.74 Å². The van der Waals surface area contributed by atoms with E-state index in [2.05, 4.69) is 27.4 Å². The van der Waals surface area contributed by atoms with Gasteiger partial charge in [0.15, 0.2) is 5.65 Å². The molecular formula is C15H19N3OS. The summed E-state index contributed by atoms with van der Waals surface area (Å²) in [5, 5.41) is 0. The van der Waals surface area contributed by atoms with Crippen LogP contribution in [0, 0.1) is 0 Å². The molecule has 2 fully saturated rings. The summed E-state index contributed by atoms with van der Waals surface area (Å²) in [6, 6.07) is 4.57. The third-order valence-electron chi connectivity index (χ3n) is 4.25. The van der Waals surface area contributed by atoms with Gasteiger partial charge in [0.2, 0.25) is 0 Å². The van der Waals surface area contributed by atoms with Crippen molar-refractivity contribution in [3.63, 3.8) is 0 Å². The summed E-state index contributed by atoms with van der Waals surface area (Å²) in [6.07, 6.45) is 6.70. The average Bonchev–Trinajstić information content (AvgIpc) is 3.15. The minimum Gasteiger partial charge on any atom is -0.370 e. The monoisotopic (exact) mass is 289 g/mol. The minimum atomic E-state index is 0.166. The Labute approximate surface area is 122 Å². The number of hydrogen-bond acceptors (Lipinski definition) is 4. The zero-order valence-corrected chi connectivity index (χ0v) is 12.3. The Morgan fingerprint density at radius 3 is 2.95 bits per heavy atom. The Kier molecular flexibility index (Phi) is 3.40. The summed E-state index contributed by atoms with van der Waals surface area (Å²) in [4.78, 5) is 9.43. The second-order valence-electron chi connectivity index (χ2n) is 5.53. The van der Waals surface area contributed by atoms with Gasteiger partial charge in [-0.25, -0.2) is 9.97 Å². The van der Waals surface area contributed by atoms with E-state index in [0.29, 0.717) is 6.04 Å². The van der Waals surface area contributed by atoms with Crippen molar-refractivity contribution in [1.82, 2.24) is 14.5 Å². The van der Waals surface area contributed by atoms with Crippen molar-refractivity contribution in [3.05, 3.63) is 24.2 Å². The Balaban J connectivity index is 1.83. The second kappa shape index (κ2) is 5.37. The van der Waals surface area contributed by atoms with Crippen molar-refractivity contribution >= 4 is 22.9 Å². The molecule has 2 aromatic rings. The third-order valence-corrected chi connectivity index (χ3v) is 5.30. The number of imidazole rings is 1. The van der Waals surface area contributed by atoms with Gasteiger partial charge in [0, 0.05) is 18.8 Å². The predicted molar refractivity (Wildman–Crippen MR) is 81.1 cm³/mol. The molecule has 0 aliphatic carbocycles. The smallest absolute Gasteiger partial charge is 0.160 e. The van der Waals surface area contributed by atoms with Crippen molar-refractivity contribution in [2.75, 3.05) is 18.1 Å². The van der Waals surface area contributed by atoms with Crippen LogP contribution in [-0.4, -0.2) is 32.6 Å². The van der Waals surface area contributed by atoms with Gasteiger partial charge < -0.3 is 9.30 Å². The van der Waals surface area contributed by atoms with Crippen molar-refractivity contribution in [2.45, 2.75) is 37.8 Å². The lowest BCUT2D eigenvalue weighted by atomic mass is 10.1. The zero-order valence-electron chi connectivity index (χ0n) is 11.5. The van der Waals surface area contributed by atoms with Gasteiger partial charge in [-0.1, -0.05) is 0 Å². The van der Waals surface area contributed by atoms with Crippen LogP contribution in [0.2, 0.25) is 0 Å². The number of thioether (sulfide) groups is 1. The van der Waals surface area contributed by atoms with E-state index in [-0.39, 0.29) is 6.10 Å². The Morgan fingerprint density at radius 1 is 1.25 bits per heavy atom. The summed E-state index contributed by atoms with van der Waals surface area (Å²) in [5.41, 5.74) is 2.05. The Hall–Kier alpha value is -1.07. The highest BCUT2D eigenvalue weighted by Gasteiger charge is 2.29. The normalized spacial score (nSPS) is 24.5. The molecule has 0 N–H and O–H groups in total. The minimum absolute atomic E-state index is 0.166. The van der Waals surface area contributed by atoms with Gasteiger partial charge in [0.05, 0.1) is 0 Å². The predicted octanol–water partition coefficient (Wildman–Crippen LogP) is 3.35. The van der Waals surface area contributed by atoms with Crippen molar-refractivity contribution in [1.29, 1.82) is 0 Å². The maximum atomic E-state index is 5.88. The molecule has 4 rings (SSSR count). The lowest BCUT2D eigenvalue weighted by Crippen LogP contribution is -2.19. The highest BCUT2D eigenvalue weighted by atomic mass is 32.2. The van der Waals surface area contributed by atoms with Crippen LogP contribution in [0.1, 0.15) is 43.7 Å². The first kappa shape index (κ1) is 12.7. The van der Waals surface area contributed by atoms with Crippen LogP contribution >= 0.6 is 11.8 Å². The third kappa shape index (κ3) is 2.13. The lowest BCUT2D eigenvalue weighted by molar-refractivity contribution is 0.100. The van der Waals surface area contributed by atoms with Gasteiger partial charge in [-0.15, -0.1) is 0 Å². The molecule has 0 bridgehead atoms. The number of rotatable bonds is 2. The summed E-state index contributed by atoms with van der Waals surface area (Å²) in [7, 11) is 0. The van der Waals surface area contributed by atoms with E-state index in [0.717, 1.165) is 36.4 Å². The van der Waals surface area contributed by atoms with Crippen LogP contribution in [-0.2, 0) is 4.74 Å². The van der Waals surface area contributed by atoms with E-state index in [4.69, 9.17) is 9.72 Å². The van der Waals surface area contributed by atoms with Crippen LogP contribution in [0.3, 0.4) is 0 Å². The van der Waals surface area contributed by atoms with Gasteiger partial charge in [-0.2, -0.15) is 11.8 Å². The number of fused-ring (bicyclic) bond motifs is 1. The Bertz CT molecular complexity index is 600. The van der Waals surface area contributed by atoms with Gasteiger partial charge in [0.1, 0.15) is 17.4 Å². The maximum absolute atomic E-state index is 5.88. The standard InChI is InChI=1S/C15H19N3OS/c1-3-12-14(16-7-1)18(11-5-9-20-10-6-11)15(17-12)13-4-2-8-19-13/h1,3,7,11,13H,2,4-6,8-10H2. The molecule has 0 saturated carbocycles. The molecular weight excluding hydrogens is 270 g/mol. The van der Waals surface area contributed by atoms with Crippen molar-refractivity contribution in [2.24, 2.45) is 0 Å². The summed E-state index contributed by atoms with van der Waals surface area (Å²) >= 11 is 2.05. The summed E-state index contributed by atoms with van der Waals surface area (Å²) in [6.45, 7) is 0.863. The number of nitrogens with zero attached hydrogens (tertiary/aromatic N) is 3. The molecule has 106 valence electrons. The quantitative estimate of drug-likeness (QED) is 0.850. The van der Waals surface area contributed by atoms with E-state index >= 15 is 0 Å². The summed E-state index contributed by atoms with van der Waals surface area (Å²) < 4.78 is 8.26. The van der Waals surface area contributed by atoms with Crippen LogP contribution in [0.15, 0.2) is 18.3 Å². The van der Waals surface area contributed by atoms with Gasteiger partial charge in [-0.05, 0) is 49.3 Å². The highest BCUT2D eigenvalue weighted by Crippen LogP contribution is 2.36. The van der Waals surface area contributed by atoms with E-state index < -0.39 is 0 Å². The topological polar surface area (TPSA) is 39.9 Å². The number of ether oxygens (including phenoxy) is 1. The molecule has 1 unspecified atom stereocenters. The molecule has 2 saturated heterocycles. The van der Waals surface area contributed by atoms with E-state index in [1.54, 1.807) is 0 Å². The van der Waals surface area contributed by atoms with Gasteiger partial charge in [0.25, 0.3) is 0 Å². The van der Waals surface area contributed by atoms with Crippen molar-refractivity contribution in [3.8, 4) is 0 Å². The molecule has 0 amide bonds. The fourth-order valence-electron chi connectivity index (χ4n) is 3.26. The van der Waals surface area contributed by atoms with E-state index in [9.17, 15) is 0 Å². The highest BCUT2D eigenvalue weighted by molar-refractivity contribution is 7.99. The number of pyridine rings is 1. The molecule has 20 heavy (non-hydrogen) atoms. The van der Waals surface area contributed by atoms with Crippen LogP contribution in [0.4, 0.5) is 0 Å².